The molecule has 2 aromatic rings. The summed E-state index contributed by atoms with van der Waals surface area (Å²) in [6.45, 7) is 2.71. The highest BCUT2D eigenvalue weighted by Gasteiger charge is 2.23. The summed E-state index contributed by atoms with van der Waals surface area (Å²) in [6, 6.07) is 15.9. The Morgan fingerprint density at radius 3 is 2.52 bits per heavy atom. The summed E-state index contributed by atoms with van der Waals surface area (Å²) in [6.07, 6.45) is 1.46. The van der Waals surface area contributed by atoms with Crippen molar-refractivity contribution in [2.75, 3.05) is 38.2 Å². The average molecular weight is 394 g/mol. The molecule has 0 bridgehead atoms. The number of piperazine rings is 1. The van der Waals surface area contributed by atoms with Gasteiger partial charge in [0.15, 0.2) is 0 Å². The van der Waals surface area contributed by atoms with Crippen molar-refractivity contribution in [2.45, 2.75) is 6.54 Å². The van der Waals surface area contributed by atoms with Crippen LogP contribution >= 0.6 is 0 Å². The summed E-state index contributed by atoms with van der Waals surface area (Å²) in [4.78, 5) is 16.4. The lowest BCUT2D eigenvalue weighted by Crippen LogP contribution is -2.49. The number of methoxy groups -OCH3 is 1. The zero-order chi connectivity index (χ0) is 20.6. The van der Waals surface area contributed by atoms with Crippen LogP contribution in [0.3, 0.4) is 0 Å². The Hall–Kier alpha value is -3.53. The highest BCUT2D eigenvalue weighted by Crippen LogP contribution is 2.18. The van der Waals surface area contributed by atoms with Gasteiger partial charge in [0.2, 0.25) is 0 Å². The number of carbonyl (C=O) groups is 1. The van der Waals surface area contributed by atoms with Gasteiger partial charge in [-0.15, -0.1) is 0 Å². The van der Waals surface area contributed by atoms with Gasteiger partial charge in [0, 0.05) is 50.2 Å². The molecule has 0 aliphatic carbocycles. The Bertz CT molecular complexity index is 913. The van der Waals surface area contributed by atoms with Gasteiger partial charge in [-0.2, -0.15) is 5.26 Å². The van der Waals surface area contributed by atoms with E-state index in [1.807, 2.05) is 30.3 Å². The van der Waals surface area contributed by atoms with Gasteiger partial charge in [0.05, 0.1) is 7.11 Å². The normalized spacial score (nSPS) is 14.3. The molecule has 3 rings (SSSR count). The number of para-hydroxylation sites is 1. The van der Waals surface area contributed by atoms with E-state index in [0.717, 1.165) is 17.0 Å². The van der Waals surface area contributed by atoms with Gasteiger partial charge in [0.25, 0.3) is 5.91 Å². The van der Waals surface area contributed by atoms with Crippen LogP contribution in [0.2, 0.25) is 0 Å². The van der Waals surface area contributed by atoms with Crippen LogP contribution in [0, 0.1) is 17.1 Å². The second-order valence-electron chi connectivity index (χ2n) is 6.62. The Kier molecular flexibility index (Phi) is 6.69. The van der Waals surface area contributed by atoms with E-state index in [2.05, 4.69) is 10.2 Å². The molecule has 6 nitrogen and oxygen atoms in total. The van der Waals surface area contributed by atoms with Gasteiger partial charge in [-0.25, -0.2) is 4.39 Å². The molecule has 1 N–H and O–H groups in total. The molecule has 1 aliphatic rings. The third kappa shape index (κ3) is 5.05. The van der Waals surface area contributed by atoms with E-state index < -0.39 is 0 Å². The molecule has 0 aromatic heterocycles. The van der Waals surface area contributed by atoms with Crippen LogP contribution < -0.4 is 15.0 Å². The quantitative estimate of drug-likeness (QED) is 0.603. The van der Waals surface area contributed by atoms with Gasteiger partial charge in [-0.05, 0) is 30.3 Å². The maximum atomic E-state index is 13.1. The molecule has 0 unspecified atom stereocenters. The third-order valence-electron chi connectivity index (χ3n) is 4.84. The summed E-state index contributed by atoms with van der Waals surface area (Å²) in [5.74, 6) is 0.181. The number of hydrogen-bond acceptors (Lipinski definition) is 5. The van der Waals surface area contributed by atoms with Crippen molar-refractivity contribution in [3.63, 3.8) is 0 Å². The highest BCUT2D eigenvalue weighted by molar-refractivity contribution is 5.97. The summed E-state index contributed by atoms with van der Waals surface area (Å²) >= 11 is 0. The predicted molar refractivity (Wildman–Crippen MR) is 109 cm³/mol. The summed E-state index contributed by atoms with van der Waals surface area (Å²) in [7, 11) is 1.60. The number of benzene rings is 2. The fraction of sp³-hybridized carbons (Fsp3) is 0.273. The molecular weight excluding hydrogens is 371 g/mol. The molecule has 7 heteroatoms. The molecular formula is C22H23FN4O2. The van der Waals surface area contributed by atoms with E-state index in [-0.39, 0.29) is 17.3 Å². The van der Waals surface area contributed by atoms with Crippen LogP contribution in [-0.4, -0.2) is 44.1 Å². The van der Waals surface area contributed by atoms with Crippen LogP contribution in [-0.2, 0) is 11.3 Å². The van der Waals surface area contributed by atoms with Crippen molar-refractivity contribution in [1.82, 2.24) is 10.2 Å². The van der Waals surface area contributed by atoms with Crippen molar-refractivity contribution in [2.24, 2.45) is 0 Å². The molecule has 0 saturated carbocycles. The second kappa shape index (κ2) is 9.60. The number of nitrogens with zero attached hydrogens (tertiary/aromatic N) is 3. The zero-order valence-electron chi connectivity index (χ0n) is 16.3. The predicted octanol–water partition coefficient (Wildman–Crippen LogP) is 2.68. The summed E-state index contributed by atoms with van der Waals surface area (Å²) in [5, 5.41) is 12.4. The molecule has 1 saturated heterocycles. The lowest BCUT2D eigenvalue weighted by Gasteiger charge is -2.36. The second-order valence-corrected chi connectivity index (χ2v) is 6.62. The first-order chi connectivity index (χ1) is 14.1. The Morgan fingerprint density at radius 1 is 1.17 bits per heavy atom. The van der Waals surface area contributed by atoms with E-state index in [0.29, 0.717) is 32.7 Å². The SMILES string of the molecule is COc1ccccc1CN/C=C(/C#N)C(=O)N1CCN(c2ccc(F)cc2)CC1. The van der Waals surface area contributed by atoms with Crippen LogP contribution in [0.1, 0.15) is 5.56 Å². The van der Waals surface area contributed by atoms with Gasteiger partial charge < -0.3 is 19.9 Å². The first kappa shape index (κ1) is 20.2. The van der Waals surface area contributed by atoms with Gasteiger partial charge >= 0.3 is 0 Å². The maximum absolute atomic E-state index is 13.1. The topological polar surface area (TPSA) is 68.6 Å². The lowest BCUT2D eigenvalue weighted by atomic mass is 10.2. The van der Waals surface area contributed by atoms with Crippen molar-refractivity contribution in [1.29, 1.82) is 5.26 Å². The Labute approximate surface area is 169 Å². The van der Waals surface area contributed by atoms with Crippen LogP contribution in [0.25, 0.3) is 0 Å². The number of hydrogen-bond donors (Lipinski definition) is 1. The molecule has 150 valence electrons. The number of amides is 1. The van der Waals surface area contributed by atoms with Crippen LogP contribution in [0.4, 0.5) is 10.1 Å². The maximum Gasteiger partial charge on any atom is 0.266 e. The minimum absolute atomic E-state index is 0.0649. The number of halogens is 1. The average Bonchev–Trinajstić information content (AvgIpc) is 2.77. The Balaban J connectivity index is 1.56. The van der Waals surface area contributed by atoms with E-state index in [9.17, 15) is 14.4 Å². The molecule has 1 aliphatic heterocycles. The first-order valence-electron chi connectivity index (χ1n) is 9.37. The summed E-state index contributed by atoms with van der Waals surface area (Å²) < 4.78 is 18.4. The lowest BCUT2D eigenvalue weighted by molar-refractivity contribution is -0.127. The number of carbonyl (C=O) groups excluding carboxylic acids is 1. The molecule has 0 radical (unpaired) electrons. The standard InChI is InChI=1S/C22H23FN4O2/c1-29-21-5-3-2-4-17(21)15-25-16-18(14-24)22(28)27-12-10-26(11-13-27)20-8-6-19(23)7-9-20/h2-9,16,25H,10-13,15H2,1H3/b18-16-. The third-order valence-corrected chi connectivity index (χ3v) is 4.84. The fourth-order valence-electron chi connectivity index (χ4n) is 3.24. The number of nitriles is 1. The number of ether oxygens (including phenoxy) is 1. The Morgan fingerprint density at radius 2 is 1.86 bits per heavy atom. The molecule has 0 spiro atoms. The fourth-order valence-corrected chi connectivity index (χ4v) is 3.24. The minimum Gasteiger partial charge on any atom is -0.496 e. The molecule has 0 atom stereocenters. The van der Waals surface area contributed by atoms with Crippen molar-refractivity contribution < 1.29 is 13.9 Å². The smallest absolute Gasteiger partial charge is 0.266 e. The van der Waals surface area contributed by atoms with Crippen molar-refractivity contribution in [3.05, 3.63) is 71.7 Å². The molecule has 1 heterocycles. The molecule has 29 heavy (non-hydrogen) atoms. The molecule has 1 fully saturated rings. The van der Waals surface area contributed by atoms with E-state index in [4.69, 9.17) is 4.74 Å². The number of rotatable bonds is 6. The minimum atomic E-state index is -0.293. The number of anilines is 1. The first-order valence-corrected chi connectivity index (χ1v) is 9.37. The van der Waals surface area contributed by atoms with E-state index in [1.54, 1.807) is 24.1 Å². The highest BCUT2D eigenvalue weighted by atomic mass is 19.1. The van der Waals surface area contributed by atoms with Crippen molar-refractivity contribution in [3.8, 4) is 11.8 Å². The number of nitrogens with one attached hydrogen (secondary N) is 1. The monoisotopic (exact) mass is 394 g/mol. The van der Waals surface area contributed by atoms with E-state index >= 15 is 0 Å². The van der Waals surface area contributed by atoms with Crippen molar-refractivity contribution >= 4 is 11.6 Å². The van der Waals surface area contributed by atoms with Gasteiger partial charge in [-0.1, -0.05) is 18.2 Å². The van der Waals surface area contributed by atoms with Crippen LogP contribution in [0.15, 0.2) is 60.3 Å². The zero-order valence-corrected chi connectivity index (χ0v) is 16.3. The largest absolute Gasteiger partial charge is 0.496 e. The molecule has 1 amide bonds. The van der Waals surface area contributed by atoms with Gasteiger partial charge in [0.1, 0.15) is 23.2 Å². The molecule has 2 aromatic carbocycles. The summed E-state index contributed by atoms with van der Waals surface area (Å²) in [5.41, 5.74) is 1.92. The van der Waals surface area contributed by atoms with Gasteiger partial charge in [-0.3, -0.25) is 4.79 Å². The van der Waals surface area contributed by atoms with E-state index in [1.165, 1.54) is 18.3 Å². The van der Waals surface area contributed by atoms with Crippen LogP contribution in [0.5, 0.6) is 5.75 Å².